The first-order valence-electron chi connectivity index (χ1n) is 6.31. The summed E-state index contributed by atoms with van der Waals surface area (Å²) >= 11 is 3.96. The maximum atomic E-state index is 4.69. The minimum absolute atomic E-state index is 0.574. The molecule has 1 aliphatic carbocycles. The molecule has 0 saturated heterocycles. The molecule has 1 aliphatic rings. The zero-order chi connectivity index (χ0) is 11.4. The van der Waals surface area contributed by atoms with E-state index in [2.05, 4.69) is 31.0 Å². The fourth-order valence-corrected chi connectivity index (χ4v) is 4.40. The highest BCUT2D eigenvalue weighted by Crippen LogP contribution is 2.31. The van der Waals surface area contributed by atoms with Crippen LogP contribution in [0.15, 0.2) is 5.38 Å². The van der Waals surface area contributed by atoms with Crippen molar-refractivity contribution in [3.05, 3.63) is 16.1 Å². The van der Waals surface area contributed by atoms with Crippen LogP contribution in [0.1, 0.15) is 62.6 Å². The standard InChI is InChI=1S/C13H21NS2/c1-10(2)12-8-16-13(14-12)9-15-11-6-4-3-5-7-11/h8,10-11H,3-7,9H2,1-2H3. The van der Waals surface area contributed by atoms with Crippen LogP contribution in [-0.2, 0) is 5.75 Å². The van der Waals surface area contributed by atoms with Crippen LogP contribution < -0.4 is 0 Å². The highest BCUT2D eigenvalue weighted by molar-refractivity contribution is 7.99. The molecule has 0 aromatic carbocycles. The van der Waals surface area contributed by atoms with Crippen LogP contribution in [0, 0.1) is 0 Å². The van der Waals surface area contributed by atoms with Crippen molar-refractivity contribution in [3.8, 4) is 0 Å². The number of aromatic nitrogens is 1. The zero-order valence-electron chi connectivity index (χ0n) is 10.2. The SMILES string of the molecule is CC(C)c1csc(CSC2CCCCC2)n1. The fourth-order valence-electron chi connectivity index (χ4n) is 2.08. The molecule has 0 atom stereocenters. The molecule has 0 bridgehead atoms. The van der Waals surface area contributed by atoms with Gasteiger partial charge in [0, 0.05) is 16.4 Å². The Balaban J connectivity index is 1.79. The largest absolute Gasteiger partial charge is 0.245 e. The van der Waals surface area contributed by atoms with Gasteiger partial charge in [0.1, 0.15) is 5.01 Å². The minimum Gasteiger partial charge on any atom is -0.245 e. The van der Waals surface area contributed by atoms with Crippen LogP contribution in [0.25, 0.3) is 0 Å². The van der Waals surface area contributed by atoms with Crippen LogP contribution in [0.5, 0.6) is 0 Å². The number of hydrogen-bond donors (Lipinski definition) is 0. The van der Waals surface area contributed by atoms with Gasteiger partial charge in [-0.15, -0.1) is 11.3 Å². The second kappa shape index (κ2) is 6.06. The van der Waals surface area contributed by atoms with Gasteiger partial charge < -0.3 is 0 Å². The lowest BCUT2D eigenvalue weighted by atomic mass is 10.0. The van der Waals surface area contributed by atoms with E-state index >= 15 is 0 Å². The average molecular weight is 255 g/mol. The van der Waals surface area contributed by atoms with Crippen molar-refractivity contribution in [1.29, 1.82) is 0 Å². The summed E-state index contributed by atoms with van der Waals surface area (Å²) in [4.78, 5) is 4.69. The monoisotopic (exact) mass is 255 g/mol. The molecule has 3 heteroatoms. The van der Waals surface area contributed by atoms with Gasteiger partial charge in [0.15, 0.2) is 0 Å². The number of thioether (sulfide) groups is 1. The number of nitrogens with zero attached hydrogens (tertiary/aromatic N) is 1. The minimum atomic E-state index is 0.574. The molecular formula is C13H21NS2. The quantitative estimate of drug-likeness (QED) is 0.764. The highest BCUT2D eigenvalue weighted by atomic mass is 32.2. The van der Waals surface area contributed by atoms with Crippen molar-refractivity contribution in [3.63, 3.8) is 0 Å². The van der Waals surface area contributed by atoms with E-state index in [0.717, 1.165) is 11.0 Å². The van der Waals surface area contributed by atoms with Gasteiger partial charge in [0.05, 0.1) is 5.69 Å². The third-order valence-electron chi connectivity index (χ3n) is 3.16. The molecule has 1 saturated carbocycles. The molecule has 0 N–H and O–H groups in total. The molecule has 0 radical (unpaired) electrons. The smallest absolute Gasteiger partial charge is 0.103 e. The third kappa shape index (κ3) is 3.49. The maximum absolute atomic E-state index is 4.69. The first-order chi connectivity index (χ1) is 7.75. The van der Waals surface area contributed by atoms with E-state index < -0.39 is 0 Å². The van der Waals surface area contributed by atoms with Crippen molar-refractivity contribution >= 4 is 23.1 Å². The van der Waals surface area contributed by atoms with E-state index in [-0.39, 0.29) is 0 Å². The first kappa shape index (κ1) is 12.4. The predicted molar refractivity (Wildman–Crippen MR) is 74.4 cm³/mol. The molecule has 1 aromatic rings. The Kier molecular flexibility index (Phi) is 4.71. The van der Waals surface area contributed by atoms with E-state index in [1.165, 1.54) is 42.8 Å². The molecule has 2 rings (SSSR count). The van der Waals surface area contributed by atoms with E-state index in [1.54, 1.807) is 0 Å². The van der Waals surface area contributed by atoms with Crippen LogP contribution in [0.4, 0.5) is 0 Å². The molecule has 1 nitrogen and oxygen atoms in total. The van der Waals surface area contributed by atoms with Crippen molar-refractivity contribution in [2.24, 2.45) is 0 Å². The lowest BCUT2D eigenvalue weighted by molar-refractivity contribution is 0.516. The Bertz CT molecular complexity index is 313. The zero-order valence-corrected chi connectivity index (χ0v) is 11.9. The Morgan fingerprint density at radius 3 is 2.75 bits per heavy atom. The van der Waals surface area contributed by atoms with E-state index in [9.17, 15) is 0 Å². The number of rotatable bonds is 4. The summed E-state index contributed by atoms with van der Waals surface area (Å²) in [5.41, 5.74) is 1.27. The topological polar surface area (TPSA) is 12.9 Å². The van der Waals surface area contributed by atoms with Gasteiger partial charge >= 0.3 is 0 Å². The lowest BCUT2D eigenvalue weighted by Gasteiger charge is -2.20. The van der Waals surface area contributed by atoms with Crippen LogP contribution >= 0.6 is 23.1 Å². The van der Waals surface area contributed by atoms with Crippen molar-refractivity contribution in [2.45, 2.75) is 62.9 Å². The summed E-state index contributed by atoms with van der Waals surface area (Å²) < 4.78 is 0. The summed E-state index contributed by atoms with van der Waals surface area (Å²) in [6, 6.07) is 0. The molecule has 1 fully saturated rings. The Hall–Kier alpha value is -0.0200. The molecule has 1 heterocycles. The van der Waals surface area contributed by atoms with Gasteiger partial charge in [-0.3, -0.25) is 0 Å². The number of thiazole rings is 1. The molecular weight excluding hydrogens is 234 g/mol. The van der Waals surface area contributed by atoms with Gasteiger partial charge in [-0.25, -0.2) is 4.98 Å². The Morgan fingerprint density at radius 1 is 1.38 bits per heavy atom. The molecule has 16 heavy (non-hydrogen) atoms. The van der Waals surface area contributed by atoms with Crippen LogP contribution in [0.2, 0.25) is 0 Å². The lowest BCUT2D eigenvalue weighted by Crippen LogP contribution is -2.08. The fraction of sp³-hybridized carbons (Fsp3) is 0.769. The summed E-state index contributed by atoms with van der Waals surface area (Å²) in [6.07, 6.45) is 7.17. The summed E-state index contributed by atoms with van der Waals surface area (Å²) in [5.74, 6) is 1.70. The first-order valence-corrected chi connectivity index (χ1v) is 8.24. The van der Waals surface area contributed by atoms with Gasteiger partial charge in [0.2, 0.25) is 0 Å². The highest BCUT2D eigenvalue weighted by Gasteiger charge is 2.14. The van der Waals surface area contributed by atoms with Gasteiger partial charge in [0.25, 0.3) is 0 Å². The Labute approximate surface area is 107 Å². The average Bonchev–Trinajstić information content (AvgIpc) is 2.76. The second-order valence-electron chi connectivity index (χ2n) is 4.89. The summed E-state index contributed by atoms with van der Waals surface area (Å²) in [6.45, 7) is 4.43. The maximum Gasteiger partial charge on any atom is 0.103 e. The van der Waals surface area contributed by atoms with Gasteiger partial charge in [-0.2, -0.15) is 11.8 Å². The number of hydrogen-bond acceptors (Lipinski definition) is 3. The normalized spacial score (nSPS) is 18.2. The molecule has 1 aromatic heterocycles. The van der Waals surface area contributed by atoms with Crippen LogP contribution in [0.3, 0.4) is 0 Å². The van der Waals surface area contributed by atoms with E-state index in [0.29, 0.717) is 5.92 Å². The van der Waals surface area contributed by atoms with Gasteiger partial charge in [-0.1, -0.05) is 33.1 Å². The predicted octanol–water partition coefficient (Wildman–Crippen LogP) is 4.83. The third-order valence-corrected chi connectivity index (χ3v) is 5.59. The molecule has 0 aliphatic heterocycles. The second-order valence-corrected chi connectivity index (χ2v) is 7.12. The van der Waals surface area contributed by atoms with Crippen molar-refractivity contribution < 1.29 is 0 Å². The summed E-state index contributed by atoms with van der Waals surface area (Å²) in [7, 11) is 0. The van der Waals surface area contributed by atoms with Gasteiger partial charge in [-0.05, 0) is 18.8 Å². The summed E-state index contributed by atoms with van der Waals surface area (Å²) in [5, 5.41) is 4.45. The molecule has 90 valence electrons. The molecule has 0 unspecified atom stereocenters. The van der Waals surface area contributed by atoms with Crippen LogP contribution in [-0.4, -0.2) is 10.2 Å². The molecule has 0 spiro atoms. The van der Waals surface area contributed by atoms with E-state index in [1.807, 2.05) is 11.3 Å². The Morgan fingerprint density at radius 2 is 2.12 bits per heavy atom. The van der Waals surface area contributed by atoms with Crippen molar-refractivity contribution in [2.75, 3.05) is 0 Å². The van der Waals surface area contributed by atoms with Crippen molar-refractivity contribution in [1.82, 2.24) is 4.98 Å². The van der Waals surface area contributed by atoms with E-state index in [4.69, 9.17) is 4.98 Å². The molecule has 0 amide bonds.